The van der Waals surface area contributed by atoms with Crippen LogP contribution >= 0.6 is 11.8 Å². The zero-order valence-electron chi connectivity index (χ0n) is 11.0. The van der Waals surface area contributed by atoms with E-state index in [1.54, 1.807) is 11.8 Å². The normalized spacial score (nSPS) is 19.5. The second-order valence-corrected chi connectivity index (χ2v) is 8.62. The van der Waals surface area contributed by atoms with E-state index in [9.17, 15) is 8.42 Å². The summed E-state index contributed by atoms with van der Waals surface area (Å²) >= 11 is 1.68. The Morgan fingerprint density at radius 3 is 2.47 bits per heavy atom. The minimum atomic E-state index is -3.12. The first-order chi connectivity index (χ1) is 7.85. The highest BCUT2D eigenvalue weighted by Gasteiger charge is 2.24. The van der Waals surface area contributed by atoms with Gasteiger partial charge >= 0.3 is 0 Å². The van der Waals surface area contributed by atoms with Crippen molar-refractivity contribution in [1.82, 2.24) is 10.0 Å². The third kappa shape index (κ3) is 6.08. The topological polar surface area (TPSA) is 58.2 Å². The fourth-order valence-electron chi connectivity index (χ4n) is 1.77. The van der Waals surface area contributed by atoms with Crippen LogP contribution in [-0.2, 0) is 10.0 Å². The predicted molar refractivity (Wildman–Crippen MR) is 75.0 cm³/mol. The van der Waals surface area contributed by atoms with Gasteiger partial charge in [-0.15, -0.1) is 0 Å². The molecule has 1 aliphatic rings. The van der Waals surface area contributed by atoms with Crippen molar-refractivity contribution in [2.75, 3.05) is 31.6 Å². The molecule has 0 aromatic rings. The third-order valence-corrected chi connectivity index (χ3v) is 5.93. The monoisotopic (exact) mass is 280 g/mol. The highest BCUT2D eigenvalue weighted by molar-refractivity contribution is 8.00. The standard InChI is InChI=1S/C11H24N2O2S2/c1-11(2,16-3)9-13-17(14,15)8-10-4-6-12-7-5-10/h10,12-13H,4-9H2,1-3H3. The maximum Gasteiger partial charge on any atom is 0.211 e. The van der Waals surface area contributed by atoms with Crippen molar-refractivity contribution < 1.29 is 8.42 Å². The Balaban J connectivity index is 2.40. The van der Waals surface area contributed by atoms with Gasteiger partial charge in [0.2, 0.25) is 10.0 Å². The fourth-order valence-corrected chi connectivity index (χ4v) is 3.73. The van der Waals surface area contributed by atoms with Gasteiger partial charge < -0.3 is 5.32 Å². The Bertz CT molecular complexity index is 322. The molecule has 1 rings (SSSR count). The summed E-state index contributed by atoms with van der Waals surface area (Å²) in [4.78, 5) is 0. The molecule has 1 aliphatic heterocycles. The number of hydrogen-bond donors (Lipinski definition) is 2. The SMILES string of the molecule is CSC(C)(C)CNS(=O)(=O)CC1CCNCC1. The summed E-state index contributed by atoms with van der Waals surface area (Å²) in [5.74, 6) is 0.588. The van der Waals surface area contributed by atoms with Crippen LogP contribution in [0, 0.1) is 5.92 Å². The van der Waals surface area contributed by atoms with Crippen molar-refractivity contribution in [1.29, 1.82) is 0 Å². The molecule has 4 nitrogen and oxygen atoms in total. The molecule has 0 spiro atoms. The van der Waals surface area contributed by atoms with Gasteiger partial charge in [0.05, 0.1) is 5.75 Å². The quantitative estimate of drug-likeness (QED) is 0.763. The van der Waals surface area contributed by atoms with Crippen LogP contribution in [0.5, 0.6) is 0 Å². The summed E-state index contributed by atoms with van der Waals surface area (Å²) in [6.45, 7) is 6.48. The van der Waals surface area contributed by atoms with Crippen LogP contribution in [0.3, 0.4) is 0 Å². The fraction of sp³-hybridized carbons (Fsp3) is 1.00. The van der Waals surface area contributed by atoms with Crippen LogP contribution in [-0.4, -0.2) is 44.8 Å². The van der Waals surface area contributed by atoms with Crippen molar-refractivity contribution >= 4 is 21.8 Å². The van der Waals surface area contributed by atoms with E-state index in [2.05, 4.69) is 10.0 Å². The Hall–Kier alpha value is 0.220. The zero-order valence-corrected chi connectivity index (χ0v) is 12.6. The van der Waals surface area contributed by atoms with Crippen molar-refractivity contribution in [3.63, 3.8) is 0 Å². The lowest BCUT2D eigenvalue weighted by atomic mass is 10.0. The summed E-state index contributed by atoms with van der Waals surface area (Å²) in [5.41, 5.74) is 0. The molecular formula is C11H24N2O2S2. The summed E-state index contributed by atoms with van der Waals surface area (Å²) in [7, 11) is -3.12. The molecule has 0 atom stereocenters. The average molecular weight is 280 g/mol. The molecule has 102 valence electrons. The molecule has 1 heterocycles. The molecule has 2 N–H and O–H groups in total. The van der Waals surface area contributed by atoms with Gasteiger partial charge in [-0.05, 0) is 52.0 Å². The number of thioether (sulfide) groups is 1. The van der Waals surface area contributed by atoms with E-state index in [-0.39, 0.29) is 10.5 Å². The second kappa shape index (κ2) is 6.41. The van der Waals surface area contributed by atoms with Gasteiger partial charge in [0, 0.05) is 11.3 Å². The highest BCUT2D eigenvalue weighted by Crippen LogP contribution is 2.20. The first kappa shape index (κ1) is 15.3. The van der Waals surface area contributed by atoms with Gasteiger partial charge in [0.25, 0.3) is 0 Å². The van der Waals surface area contributed by atoms with Crippen LogP contribution in [0.2, 0.25) is 0 Å². The maximum atomic E-state index is 11.9. The molecule has 0 bridgehead atoms. The van der Waals surface area contributed by atoms with E-state index in [0.717, 1.165) is 25.9 Å². The van der Waals surface area contributed by atoms with E-state index >= 15 is 0 Å². The van der Waals surface area contributed by atoms with Crippen LogP contribution in [0.25, 0.3) is 0 Å². The maximum absolute atomic E-state index is 11.9. The van der Waals surface area contributed by atoms with E-state index in [0.29, 0.717) is 12.5 Å². The first-order valence-corrected chi connectivity index (χ1v) is 8.95. The number of nitrogens with one attached hydrogen (secondary N) is 2. The van der Waals surface area contributed by atoms with Crippen molar-refractivity contribution in [2.24, 2.45) is 5.92 Å². The number of piperidine rings is 1. The molecule has 0 radical (unpaired) electrons. The van der Waals surface area contributed by atoms with Gasteiger partial charge in [-0.25, -0.2) is 13.1 Å². The second-order valence-electron chi connectivity index (χ2n) is 5.26. The summed E-state index contributed by atoms with van der Waals surface area (Å²) in [6.07, 6.45) is 3.93. The lowest BCUT2D eigenvalue weighted by Crippen LogP contribution is -2.40. The zero-order chi connectivity index (χ0) is 12.9. The van der Waals surface area contributed by atoms with Crippen LogP contribution in [0.15, 0.2) is 0 Å². The Morgan fingerprint density at radius 1 is 1.35 bits per heavy atom. The smallest absolute Gasteiger partial charge is 0.211 e. The number of hydrogen-bond acceptors (Lipinski definition) is 4. The van der Waals surface area contributed by atoms with Gasteiger partial charge in [-0.2, -0.15) is 11.8 Å². The van der Waals surface area contributed by atoms with Crippen molar-refractivity contribution in [3.8, 4) is 0 Å². The van der Waals surface area contributed by atoms with E-state index in [1.807, 2.05) is 20.1 Å². The number of rotatable bonds is 6. The summed E-state index contributed by atoms with van der Waals surface area (Å²) < 4.78 is 26.5. The molecule has 1 fully saturated rings. The molecule has 0 saturated carbocycles. The first-order valence-electron chi connectivity index (χ1n) is 6.08. The minimum absolute atomic E-state index is 0.0405. The van der Waals surface area contributed by atoms with Gasteiger partial charge in [0.15, 0.2) is 0 Å². The predicted octanol–water partition coefficient (Wildman–Crippen LogP) is 1.05. The van der Waals surface area contributed by atoms with E-state index in [4.69, 9.17) is 0 Å². The summed E-state index contributed by atoms with van der Waals surface area (Å²) in [6, 6.07) is 0. The molecular weight excluding hydrogens is 256 g/mol. The summed E-state index contributed by atoms with van der Waals surface area (Å²) in [5, 5.41) is 3.25. The molecule has 1 saturated heterocycles. The van der Waals surface area contributed by atoms with Crippen molar-refractivity contribution in [2.45, 2.75) is 31.4 Å². The molecule has 0 amide bonds. The van der Waals surface area contributed by atoms with Crippen LogP contribution in [0.4, 0.5) is 0 Å². The molecule has 6 heteroatoms. The molecule has 0 unspecified atom stereocenters. The molecule has 0 aliphatic carbocycles. The Kier molecular flexibility index (Phi) is 5.76. The van der Waals surface area contributed by atoms with Crippen LogP contribution in [0.1, 0.15) is 26.7 Å². The van der Waals surface area contributed by atoms with Crippen LogP contribution < -0.4 is 10.0 Å². The van der Waals surface area contributed by atoms with Crippen molar-refractivity contribution in [3.05, 3.63) is 0 Å². The largest absolute Gasteiger partial charge is 0.317 e. The van der Waals surface area contributed by atoms with Gasteiger partial charge in [-0.3, -0.25) is 0 Å². The Morgan fingerprint density at radius 2 is 1.94 bits per heavy atom. The lowest BCUT2D eigenvalue weighted by Gasteiger charge is -2.25. The number of sulfonamides is 1. The Labute approximate surface area is 109 Å². The molecule has 17 heavy (non-hydrogen) atoms. The van der Waals surface area contributed by atoms with E-state index in [1.165, 1.54) is 0 Å². The highest BCUT2D eigenvalue weighted by atomic mass is 32.2. The lowest BCUT2D eigenvalue weighted by molar-refractivity contribution is 0.400. The van der Waals surface area contributed by atoms with Gasteiger partial charge in [0.1, 0.15) is 0 Å². The van der Waals surface area contributed by atoms with E-state index < -0.39 is 10.0 Å². The minimum Gasteiger partial charge on any atom is -0.317 e. The van der Waals surface area contributed by atoms with Gasteiger partial charge in [-0.1, -0.05) is 0 Å². The molecule has 0 aromatic carbocycles. The average Bonchev–Trinajstić information content (AvgIpc) is 2.28. The third-order valence-electron chi connectivity index (χ3n) is 3.18. The molecule has 0 aromatic heterocycles.